The Balaban J connectivity index is 1.33. The molecular weight excluding hydrogens is 366 g/mol. The van der Waals surface area contributed by atoms with Crippen molar-refractivity contribution < 1.29 is 9.53 Å². The van der Waals surface area contributed by atoms with Gasteiger partial charge in [-0.25, -0.2) is 4.79 Å². The average molecular weight is 391 g/mol. The lowest BCUT2D eigenvalue weighted by Crippen LogP contribution is -2.35. The predicted octanol–water partition coefficient (Wildman–Crippen LogP) is 3.33. The van der Waals surface area contributed by atoms with Crippen molar-refractivity contribution in [1.29, 1.82) is 0 Å². The number of rotatable bonds is 4. The van der Waals surface area contributed by atoms with Gasteiger partial charge in [0.2, 0.25) is 0 Å². The van der Waals surface area contributed by atoms with E-state index in [0.717, 1.165) is 42.1 Å². The van der Waals surface area contributed by atoms with Gasteiger partial charge in [-0.2, -0.15) is 0 Å². The van der Waals surface area contributed by atoms with E-state index in [-0.39, 0.29) is 6.09 Å². The molecule has 0 spiro atoms. The number of aromatic nitrogens is 3. The third-order valence-electron chi connectivity index (χ3n) is 5.16. The lowest BCUT2D eigenvalue weighted by Gasteiger charge is -2.23. The highest BCUT2D eigenvalue weighted by Crippen LogP contribution is 2.22. The maximum atomic E-state index is 12.4. The van der Waals surface area contributed by atoms with E-state index in [1.54, 1.807) is 11.2 Å². The van der Waals surface area contributed by atoms with Gasteiger partial charge in [-0.05, 0) is 36.2 Å². The minimum Gasteiger partial charge on any atom is -0.445 e. The third kappa shape index (κ3) is 4.56. The van der Waals surface area contributed by atoms with Crippen molar-refractivity contribution in [2.75, 3.05) is 31.1 Å². The molecule has 0 bridgehead atoms. The number of nitrogens with zero attached hydrogens (tertiary/aromatic N) is 5. The first-order chi connectivity index (χ1) is 14.2. The first kappa shape index (κ1) is 19.0. The highest BCUT2D eigenvalue weighted by atomic mass is 16.6. The van der Waals surface area contributed by atoms with Gasteiger partial charge in [-0.3, -0.25) is 0 Å². The van der Waals surface area contributed by atoms with Crippen molar-refractivity contribution in [3.8, 4) is 11.4 Å². The Labute approximate surface area is 170 Å². The van der Waals surface area contributed by atoms with Gasteiger partial charge in [0.15, 0.2) is 5.82 Å². The van der Waals surface area contributed by atoms with Crippen LogP contribution in [-0.2, 0) is 18.4 Å². The highest BCUT2D eigenvalue weighted by molar-refractivity contribution is 5.68. The summed E-state index contributed by atoms with van der Waals surface area (Å²) in [5, 5.41) is 8.09. The Bertz CT molecular complexity index is 939. The maximum Gasteiger partial charge on any atom is 0.410 e. The largest absolute Gasteiger partial charge is 0.445 e. The Morgan fingerprint density at radius 1 is 1.00 bits per heavy atom. The first-order valence-electron chi connectivity index (χ1n) is 9.86. The molecule has 0 radical (unpaired) electrons. The minimum atomic E-state index is -0.242. The Morgan fingerprint density at radius 3 is 2.52 bits per heavy atom. The van der Waals surface area contributed by atoms with E-state index >= 15 is 0 Å². The molecule has 1 aliphatic heterocycles. The summed E-state index contributed by atoms with van der Waals surface area (Å²) in [5.41, 5.74) is 3.19. The van der Waals surface area contributed by atoms with Crippen LogP contribution in [0.1, 0.15) is 12.0 Å². The fourth-order valence-corrected chi connectivity index (χ4v) is 3.53. The van der Waals surface area contributed by atoms with Crippen LogP contribution in [0, 0.1) is 0 Å². The minimum absolute atomic E-state index is 0.242. The number of hydrogen-bond donors (Lipinski definition) is 0. The monoisotopic (exact) mass is 391 g/mol. The molecule has 2 aromatic carbocycles. The summed E-state index contributed by atoms with van der Waals surface area (Å²) >= 11 is 0. The van der Waals surface area contributed by atoms with Gasteiger partial charge in [0.05, 0.1) is 0 Å². The second-order valence-electron chi connectivity index (χ2n) is 7.18. The van der Waals surface area contributed by atoms with Gasteiger partial charge >= 0.3 is 6.09 Å². The summed E-state index contributed by atoms with van der Waals surface area (Å²) in [5.74, 6) is 0.847. The van der Waals surface area contributed by atoms with Crippen molar-refractivity contribution in [2.45, 2.75) is 13.0 Å². The van der Waals surface area contributed by atoms with Crippen LogP contribution < -0.4 is 4.90 Å². The van der Waals surface area contributed by atoms with E-state index in [1.165, 1.54) is 0 Å². The molecule has 0 atom stereocenters. The molecule has 1 fully saturated rings. The predicted molar refractivity (Wildman–Crippen MR) is 111 cm³/mol. The second kappa shape index (κ2) is 8.77. The molecule has 150 valence electrons. The fourth-order valence-electron chi connectivity index (χ4n) is 3.53. The molecule has 1 aromatic heterocycles. The van der Waals surface area contributed by atoms with Crippen LogP contribution in [0.5, 0.6) is 0 Å². The van der Waals surface area contributed by atoms with Crippen LogP contribution in [0.3, 0.4) is 0 Å². The molecule has 1 aliphatic rings. The molecule has 29 heavy (non-hydrogen) atoms. The lowest BCUT2D eigenvalue weighted by molar-refractivity contribution is 0.0986. The molecule has 2 heterocycles. The number of hydrogen-bond acceptors (Lipinski definition) is 5. The molecular formula is C22H25N5O2. The highest BCUT2D eigenvalue weighted by Gasteiger charge is 2.20. The van der Waals surface area contributed by atoms with E-state index in [1.807, 2.05) is 41.9 Å². The Hall–Kier alpha value is -3.35. The van der Waals surface area contributed by atoms with E-state index in [9.17, 15) is 4.79 Å². The maximum absolute atomic E-state index is 12.4. The smallest absolute Gasteiger partial charge is 0.410 e. The topological polar surface area (TPSA) is 63.5 Å². The summed E-state index contributed by atoms with van der Waals surface area (Å²) in [6.45, 7) is 3.36. The number of anilines is 1. The zero-order valence-electron chi connectivity index (χ0n) is 16.6. The lowest BCUT2D eigenvalue weighted by atomic mass is 10.2. The zero-order chi connectivity index (χ0) is 20.1. The van der Waals surface area contributed by atoms with E-state index in [2.05, 4.69) is 39.4 Å². The Kier molecular flexibility index (Phi) is 5.74. The number of carbonyl (C=O) groups excluding carboxylic acids is 1. The molecule has 7 nitrogen and oxygen atoms in total. The quantitative estimate of drug-likeness (QED) is 0.683. The van der Waals surface area contributed by atoms with Gasteiger partial charge in [-0.15, -0.1) is 10.2 Å². The van der Waals surface area contributed by atoms with Crippen LogP contribution in [0.2, 0.25) is 0 Å². The number of benzene rings is 2. The van der Waals surface area contributed by atoms with Crippen LogP contribution in [0.4, 0.5) is 10.5 Å². The average Bonchev–Trinajstić information content (AvgIpc) is 3.04. The van der Waals surface area contributed by atoms with Crippen molar-refractivity contribution in [2.24, 2.45) is 7.05 Å². The third-order valence-corrected chi connectivity index (χ3v) is 5.16. The van der Waals surface area contributed by atoms with E-state index < -0.39 is 0 Å². The van der Waals surface area contributed by atoms with Gasteiger partial charge in [-0.1, -0.05) is 30.3 Å². The number of ether oxygens (including phenoxy) is 1. The molecule has 0 aliphatic carbocycles. The van der Waals surface area contributed by atoms with Gasteiger partial charge in [0.1, 0.15) is 12.9 Å². The van der Waals surface area contributed by atoms with Gasteiger partial charge in [0.25, 0.3) is 0 Å². The summed E-state index contributed by atoms with van der Waals surface area (Å²) < 4.78 is 7.39. The van der Waals surface area contributed by atoms with Gasteiger partial charge < -0.3 is 19.1 Å². The molecule has 0 unspecified atom stereocenters. The zero-order valence-corrected chi connectivity index (χ0v) is 16.6. The number of aryl methyl sites for hydroxylation is 1. The van der Waals surface area contributed by atoms with Crippen molar-refractivity contribution in [3.63, 3.8) is 0 Å². The van der Waals surface area contributed by atoms with Crippen molar-refractivity contribution in [1.82, 2.24) is 19.7 Å². The summed E-state index contributed by atoms with van der Waals surface area (Å²) in [6.07, 6.45) is 2.36. The second-order valence-corrected chi connectivity index (χ2v) is 7.18. The molecule has 7 heteroatoms. The number of carbonyl (C=O) groups is 1. The number of amides is 1. The molecule has 3 aromatic rings. The van der Waals surface area contributed by atoms with Crippen LogP contribution in [-0.4, -0.2) is 51.9 Å². The fraction of sp³-hybridized carbons (Fsp3) is 0.318. The first-order valence-corrected chi connectivity index (χ1v) is 9.86. The molecule has 4 rings (SSSR count). The van der Waals surface area contributed by atoms with Crippen LogP contribution in [0.15, 0.2) is 60.9 Å². The molecule has 0 saturated carbocycles. The SMILES string of the molecule is Cn1cnnc1-c1ccc(N2CCCN(C(=O)OCc3ccccc3)CC2)cc1. The van der Waals surface area contributed by atoms with Crippen molar-refractivity contribution in [3.05, 3.63) is 66.5 Å². The molecule has 1 saturated heterocycles. The summed E-state index contributed by atoms with van der Waals surface area (Å²) in [4.78, 5) is 16.6. The molecule has 0 N–H and O–H groups in total. The van der Waals surface area contributed by atoms with Gasteiger partial charge in [0, 0.05) is 44.5 Å². The van der Waals surface area contributed by atoms with E-state index in [0.29, 0.717) is 19.7 Å². The standard InChI is InChI=1S/C22H25N5O2/c1-25-17-23-24-21(25)19-8-10-20(11-9-19)26-12-5-13-27(15-14-26)22(28)29-16-18-6-3-2-4-7-18/h2-4,6-11,17H,5,12-16H2,1H3. The Morgan fingerprint density at radius 2 is 1.79 bits per heavy atom. The molecule has 1 amide bonds. The van der Waals surface area contributed by atoms with E-state index in [4.69, 9.17) is 4.74 Å². The summed E-state index contributed by atoms with van der Waals surface area (Å²) in [6, 6.07) is 18.1. The summed E-state index contributed by atoms with van der Waals surface area (Å²) in [7, 11) is 1.93. The van der Waals surface area contributed by atoms with Crippen LogP contribution >= 0.6 is 0 Å². The van der Waals surface area contributed by atoms with Crippen molar-refractivity contribution >= 4 is 11.8 Å². The normalized spacial score (nSPS) is 14.5. The van der Waals surface area contributed by atoms with Crippen LogP contribution in [0.25, 0.3) is 11.4 Å².